The van der Waals surface area contributed by atoms with Gasteiger partial charge in [-0.15, -0.1) is 0 Å². The number of nitrogens with zero attached hydrogens (tertiary/aromatic N) is 1. The molecule has 2 N–H and O–H groups in total. The number of likely N-dealkylation sites (tertiary alicyclic amines) is 1. The van der Waals surface area contributed by atoms with Crippen LogP contribution in [0, 0.1) is 5.92 Å². The predicted octanol–water partition coefficient (Wildman–Crippen LogP) is 3.11. The standard InChI is InChI=1S/C21H29N3O4S/c1-3-14-28-19(26)9-8-18(25)23-21(29)22-17-6-4-16(5-7-17)20(27)24-12-10-15(2)11-13-24/h4-7,15H,3,8-14H2,1-2H3,(H2,22,23,25,29). The van der Waals surface area contributed by atoms with Crippen LogP contribution in [-0.2, 0) is 14.3 Å². The highest BCUT2D eigenvalue weighted by molar-refractivity contribution is 7.80. The Balaban J connectivity index is 1.77. The largest absolute Gasteiger partial charge is 0.466 e. The van der Waals surface area contributed by atoms with Gasteiger partial charge < -0.3 is 20.3 Å². The molecule has 1 aliphatic heterocycles. The molecular weight excluding hydrogens is 390 g/mol. The van der Waals surface area contributed by atoms with E-state index in [0.717, 1.165) is 32.4 Å². The number of anilines is 1. The summed E-state index contributed by atoms with van der Waals surface area (Å²) in [5.74, 6) is -0.0514. The van der Waals surface area contributed by atoms with Gasteiger partial charge in [0.25, 0.3) is 5.91 Å². The molecule has 2 amide bonds. The van der Waals surface area contributed by atoms with E-state index >= 15 is 0 Å². The first kappa shape index (κ1) is 22.8. The van der Waals surface area contributed by atoms with Crippen LogP contribution in [0.2, 0.25) is 0 Å². The summed E-state index contributed by atoms with van der Waals surface area (Å²) in [6.45, 7) is 6.06. The summed E-state index contributed by atoms with van der Waals surface area (Å²) in [6, 6.07) is 6.99. The lowest BCUT2D eigenvalue weighted by atomic mass is 9.98. The topological polar surface area (TPSA) is 87.7 Å². The maximum atomic E-state index is 12.6. The number of benzene rings is 1. The van der Waals surface area contributed by atoms with Crippen LogP contribution in [0.4, 0.5) is 5.69 Å². The summed E-state index contributed by atoms with van der Waals surface area (Å²) in [4.78, 5) is 37.7. The summed E-state index contributed by atoms with van der Waals surface area (Å²) in [5, 5.41) is 5.58. The van der Waals surface area contributed by atoms with Crippen molar-refractivity contribution in [2.24, 2.45) is 5.92 Å². The molecule has 1 aliphatic rings. The summed E-state index contributed by atoms with van der Waals surface area (Å²) >= 11 is 5.13. The first-order chi connectivity index (χ1) is 13.9. The summed E-state index contributed by atoms with van der Waals surface area (Å²) < 4.78 is 4.92. The SMILES string of the molecule is CCCOC(=O)CCC(=O)NC(=S)Nc1ccc(C(=O)N2CCC(C)CC2)cc1. The predicted molar refractivity (Wildman–Crippen MR) is 116 cm³/mol. The molecule has 0 saturated carbocycles. The highest BCUT2D eigenvalue weighted by Gasteiger charge is 2.21. The zero-order valence-electron chi connectivity index (χ0n) is 17.0. The van der Waals surface area contributed by atoms with Gasteiger partial charge in [-0.2, -0.15) is 0 Å². The van der Waals surface area contributed by atoms with E-state index in [1.807, 2.05) is 11.8 Å². The van der Waals surface area contributed by atoms with E-state index in [4.69, 9.17) is 17.0 Å². The average Bonchev–Trinajstić information content (AvgIpc) is 2.71. The average molecular weight is 420 g/mol. The third-order valence-corrected chi connectivity index (χ3v) is 4.94. The lowest BCUT2D eigenvalue weighted by Gasteiger charge is -2.30. The van der Waals surface area contributed by atoms with Crippen molar-refractivity contribution >= 4 is 40.8 Å². The normalized spacial score (nSPS) is 14.2. The molecule has 2 rings (SSSR count). The maximum absolute atomic E-state index is 12.6. The minimum absolute atomic E-state index is 0.00621. The van der Waals surface area contributed by atoms with Gasteiger partial charge >= 0.3 is 5.97 Å². The smallest absolute Gasteiger partial charge is 0.306 e. The van der Waals surface area contributed by atoms with Crippen LogP contribution in [-0.4, -0.2) is 47.5 Å². The molecule has 0 atom stereocenters. The van der Waals surface area contributed by atoms with Crippen molar-refractivity contribution < 1.29 is 19.1 Å². The van der Waals surface area contributed by atoms with Crippen LogP contribution >= 0.6 is 12.2 Å². The molecule has 1 aromatic rings. The lowest BCUT2D eigenvalue weighted by Crippen LogP contribution is -2.37. The fourth-order valence-corrected chi connectivity index (χ4v) is 3.18. The molecule has 0 unspecified atom stereocenters. The summed E-state index contributed by atoms with van der Waals surface area (Å²) in [7, 11) is 0. The molecule has 0 spiro atoms. The molecule has 7 nitrogen and oxygen atoms in total. The number of ether oxygens (including phenoxy) is 1. The Labute approximate surface area is 177 Å². The second-order valence-electron chi connectivity index (χ2n) is 7.27. The molecule has 0 aromatic heterocycles. The number of hydrogen-bond donors (Lipinski definition) is 2. The zero-order valence-corrected chi connectivity index (χ0v) is 17.8. The van der Waals surface area contributed by atoms with Crippen LogP contribution in [0.3, 0.4) is 0 Å². The van der Waals surface area contributed by atoms with Crippen molar-refractivity contribution in [1.82, 2.24) is 10.2 Å². The van der Waals surface area contributed by atoms with Gasteiger partial charge in [-0.25, -0.2) is 0 Å². The van der Waals surface area contributed by atoms with E-state index in [2.05, 4.69) is 17.6 Å². The highest BCUT2D eigenvalue weighted by atomic mass is 32.1. The number of amides is 2. The molecule has 0 radical (unpaired) electrons. The zero-order chi connectivity index (χ0) is 21.2. The third-order valence-electron chi connectivity index (χ3n) is 4.74. The second kappa shape index (κ2) is 11.5. The van der Waals surface area contributed by atoms with E-state index in [0.29, 0.717) is 23.8 Å². The minimum Gasteiger partial charge on any atom is -0.466 e. The fourth-order valence-electron chi connectivity index (χ4n) is 2.95. The van der Waals surface area contributed by atoms with Crippen LogP contribution in [0.15, 0.2) is 24.3 Å². The first-order valence-electron chi connectivity index (χ1n) is 10.0. The number of carbonyl (C=O) groups is 3. The fraction of sp³-hybridized carbons (Fsp3) is 0.524. The van der Waals surface area contributed by atoms with Gasteiger partial charge in [-0.05, 0) is 61.7 Å². The molecule has 1 aromatic carbocycles. The minimum atomic E-state index is -0.399. The molecule has 0 bridgehead atoms. The number of thiocarbonyl (C=S) groups is 1. The Morgan fingerprint density at radius 2 is 1.79 bits per heavy atom. The Kier molecular flexibility index (Phi) is 9.05. The molecule has 1 fully saturated rings. The van der Waals surface area contributed by atoms with Crippen molar-refractivity contribution in [3.05, 3.63) is 29.8 Å². The van der Waals surface area contributed by atoms with Crippen molar-refractivity contribution in [3.8, 4) is 0 Å². The Hall–Kier alpha value is -2.48. The highest BCUT2D eigenvalue weighted by Crippen LogP contribution is 2.19. The van der Waals surface area contributed by atoms with Gasteiger partial charge in [0.2, 0.25) is 5.91 Å². The molecule has 29 heavy (non-hydrogen) atoms. The summed E-state index contributed by atoms with van der Waals surface area (Å²) in [6.07, 6.45) is 2.84. The van der Waals surface area contributed by atoms with Crippen LogP contribution < -0.4 is 10.6 Å². The number of piperidine rings is 1. The van der Waals surface area contributed by atoms with E-state index in [-0.39, 0.29) is 29.8 Å². The number of rotatable bonds is 7. The van der Waals surface area contributed by atoms with Gasteiger partial charge in [-0.3, -0.25) is 14.4 Å². The van der Waals surface area contributed by atoms with E-state index in [1.54, 1.807) is 24.3 Å². The van der Waals surface area contributed by atoms with E-state index < -0.39 is 5.97 Å². The Morgan fingerprint density at radius 1 is 1.14 bits per heavy atom. The number of esters is 1. The van der Waals surface area contributed by atoms with E-state index in [9.17, 15) is 14.4 Å². The van der Waals surface area contributed by atoms with Gasteiger partial charge in [0.15, 0.2) is 5.11 Å². The van der Waals surface area contributed by atoms with Gasteiger partial charge in [-0.1, -0.05) is 13.8 Å². The van der Waals surface area contributed by atoms with Gasteiger partial charge in [0.1, 0.15) is 0 Å². The number of nitrogens with one attached hydrogen (secondary N) is 2. The van der Waals surface area contributed by atoms with Crippen LogP contribution in [0.1, 0.15) is 56.3 Å². The van der Waals surface area contributed by atoms with Crippen molar-refractivity contribution in [3.63, 3.8) is 0 Å². The monoisotopic (exact) mass is 419 g/mol. The maximum Gasteiger partial charge on any atom is 0.306 e. The lowest BCUT2D eigenvalue weighted by molar-refractivity contribution is -0.144. The number of carbonyl (C=O) groups excluding carboxylic acids is 3. The molecule has 0 aliphatic carbocycles. The van der Waals surface area contributed by atoms with Crippen molar-refractivity contribution in [2.75, 3.05) is 25.0 Å². The van der Waals surface area contributed by atoms with E-state index in [1.165, 1.54) is 0 Å². The van der Waals surface area contributed by atoms with Gasteiger partial charge in [0.05, 0.1) is 13.0 Å². The molecule has 1 heterocycles. The number of hydrogen-bond acceptors (Lipinski definition) is 5. The Bertz CT molecular complexity index is 728. The second-order valence-corrected chi connectivity index (χ2v) is 7.68. The van der Waals surface area contributed by atoms with Crippen LogP contribution in [0.5, 0.6) is 0 Å². The quantitative estimate of drug-likeness (QED) is 0.522. The first-order valence-corrected chi connectivity index (χ1v) is 10.5. The van der Waals surface area contributed by atoms with Crippen molar-refractivity contribution in [2.45, 2.75) is 46.0 Å². The third kappa shape index (κ3) is 7.81. The van der Waals surface area contributed by atoms with Crippen LogP contribution in [0.25, 0.3) is 0 Å². The molecule has 1 saturated heterocycles. The van der Waals surface area contributed by atoms with Gasteiger partial charge in [0, 0.05) is 30.8 Å². The molecule has 158 valence electrons. The molecular formula is C21H29N3O4S. The molecule has 8 heteroatoms. The Morgan fingerprint density at radius 3 is 2.41 bits per heavy atom. The van der Waals surface area contributed by atoms with Crippen molar-refractivity contribution in [1.29, 1.82) is 0 Å². The summed E-state index contributed by atoms with van der Waals surface area (Å²) in [5.41, 5.74) is 1.30.